The van der Waals surface area contributed by atoms with Crippen LogP contribution < -0.4 is 11.2 Å². The molecule has 0 spiro atoms. The molecule has 8 nitrogen and oxygen atoms in total. The summed E-state index contributed by atoms with van der Waals surface area (Å²) in [6.07, 6.45) is -0.0811. The first kappa shape index (κ1) is 15.6. The molecule has 0 amide bonds. The number of carbonyl (C=O) groups excluding carboxylic acids is 1. The summed E-state index contributed by atoms with van der Waals surface area (Å²) in [7, 11) is 4.35. The molecule has 0 N–H and O–H groups in total. The van der Waals surface area contributed by atoms with Crippen molar-refractivity contribution in [3.8, 4) is 0 Å². The molecule has 4 atom stereocenters. The summed E-state index contributed by atoms with van der Waals surface area (Å²) in [5.74, 6) is 0. The van der Waals surface area contributed by atoms with Gasteiger partial charge in [-0.05, 0) is 0 Å². The Morgan fingerprint density at radius 1 is 1.29 bits per heavy atom. The van der Waals surface area contributed by atoms with E-state index in [1.54, 1.807) is 0 Å². The molecule has 1 fully saturated rings. The highest BCUT2D eigenvalue weighted by molar-refractivity contribution is 5.50. The Morgan fingerprint density at radius 3 is 2.52 bits per heavy atom. The third kappa shape index (κ3) is 2.69. The van der Waals surface area contributed by atoms with Crippen molar-refractivity contribution < 1.29 is 19.0 Å². The molecule has 21 heavy (non-hydrogen) atoms. The molecule has 1 aromatic rings. The predicted octanol–water partition coefficient (Wildman–Crippen LogP) is -0.937. The van der Waals surface area contributed by atoms with E-state index in [1.165, 1.54) is 38.1 Å². The Kier molecular flexibility index (Phi) is 4.71. The number of hydrogen-bond donors (Lipinski definition) is 0. The average Bonchev–Trinajstić information content (AvgIpc) is 2.82. The van der Waals surface area contributed by atoms with E-state index in [9.17, 15) is 14.4 Å². The molecule has 1 aliphatic heterocycles. The zero-order valence-corrected chi connectivity index (χ0v) is 12.1. The smallest absolute Gasteiger partial charge is 0.332 e. The Bertz CT molecular complexity index is 622. The van der Waals surface area contributed by atoms with Gasteiger partial charge in [0.1, 0.15) is 18.5 Å². The number of nitrogens with zero attached hydrogens (tertiary/aromatic N) is 2. The third-order valence-corrected chi connectivity index (χ3v) is 3.65. The van der Waals surface area contributed by atoms with Crippen molar-refractivity contribution in [1.29, 1.82) is 0 Å². The van der Waals surface area contributed by atoms with E-state index in [0.717, 1.165) is 10.9 Å². The lowest BCUT2D eigenvalue weighted by atomic mass is 10.1. The van der Waals surface area contributed by atoms with Crippen LogP contribution in [0.4, 0.5) is 0 Å². The van der Waals surface area contributed by atoms with Crippen LogP contribution in [0.2, 0.25) is 0 Å². The maximum Gasteiger partial charge on any atom is 0.332 e. The van der Waals surface area contributed by atoms with Gasteiger partial charge in [-0.3, -0.25) is 13.9 Å². The largest absolute Gasteiger partial charge is 0.376 e. The average molecular weight is 298 g/mol. The molecule has 1 aliphatic rings. The van der Waals surface area contributed by atoms with Gasteiger partial charge in [0, 0.05) is 40.0 Å². The highest BCUT2D eigenvalue weighted by atomic mass is 16.6. The number of carbonyl (C=O) groups is 1. The van der Waals surface area contributed by atoms with Crippen molar-refractivity contribution in [2.45, 2.75) is 31.0 Å². The number of aromatic nitrogens is 2. The zero-order chi connectivity index (χ0) is 15.6. The number of rotatable bonds is 5. The lowest BCUT2D eigenvalue weighted by molar-refractivity contribution is -0.112. The Labute approximate surface area is 120 Å². The van der Waals surface area contributed by atoms with Crippen molar-refractivity contribution in [3.63, 3.8) is 0 Å². The number of ether oxygens (including phenoxy) is 3. The fraction of sp³-hybridized carbons (Fsp3) is 0.615. The fourth-order valence-corrected chi connectivity index (χ4v) is 2.53. The Balaban J connectivity index is 2.43. The van der Waals surface area contributed by atoms with Gasteiger partial charge in [0.05, 0.1) is 6.10 Å². The van der Waals surface area contributed by atoms with Gasteiger partial charge in [-0.25, -0.2) is 4.79 Å². The van der Waals surface area contributed by atoms with Crippen LogP contribution in [-0.4, -0.2) is 48.0 Å². The van der Waals surface area contributed by atoms with Crippen molar-refractivity contribution in [2.24, 2.45) is 7.05 Å². The van der Waals surface area contributed by atoms with Crippen LogP contribution in [0.5, 0.6) is 0 Å². The minimum Gasteiger partial charge on any atom is -0.376 e. The highest BCUT2D eigenvalue weighted by Gasteiger charge is 2.46. The van der Waals surface area contributed by atoms with Crippen LogP contribution in [-0.2, 0) is 26.1 Å². The van der Waals surface area contributed by atoms with E-state index < -0.39 is 35.8 Å². The molecule has 1 aromatic heterocycles. The normalized spacial score (nSPS) is 28.7. The van der Waals surface area contributed by atoms with Gasteiger partial charge in [0.25, 0.3) is 5.56 Å². The molecule has 0 aliphatic carbocycles. The predicted molar refractivity (Wildman–Crippen MR) is 72.1 cm³/mol. The molecule has 0 saturated carbocycles. The molecule has 4 unspecified atom stereocenters. The quantitative estimate of drug-likeness (QED) is 0.652. The molecule has 0 bridgehead atoms. The first-order chi connectivity index (χ1) is 10.0. The van der Waals surface area contributed by atoms with E-state index >= 15 is 0 Å². The molecule has 8 heteroatoms. The maximum atomic E-state index is 12.2. The van der Waals surface area contributed by atoms with E-state index in [1.807, 2.05) is 0 Å². The second kappa shape index (κ2) is 6.33. The van der Waals surface area contributed by atoms with Gasteiger partial charge in [0.2, 0.25) is 0 Å². The van der Waals surface area contributed by atoms with Gasteiger partial charge in [-0.1, -0.05) is 0 Å². The van der Waals surface area contributed by atoms with E-state index in [0.29, 0.717) is 0 Å². The lowest BCUT2D eigenvalue weighted by Crippen LogP contribution is -2.42. The molecule has 2 rings (SSSR count). The monoisotopic (exact) mass is 298 g/mol. The van der Waals surface area contributed by atoms with Gasteiger partial charge in [0.15, 0.2) is 6.23 Å². The SMILES string of the molecule is COC1C(CC=O)OC(n2ccc(=O)n(C)c2=O)C1OC. The molecule has 2 heterocycles. The number of aldehydes is 1. The second-order valence-electron chi connectivity index (χ2n) is 4.77. The van der Waals surface area contributed by atoms with Gasteiger partial charge >= 0.3 is 5.69 Å². The molecule has 0 radical (unpaired) electrons. The fourth-order valence-electron chi connectivity index (χ4n) is 2.53. The van der Waals surface area contributed by atoms with Crippen LogP contribution >= 0.6 is 0 Å². The summed E-state index contributed by atoms with van der Waals surface area (Å²) in [6.45, 7) is 0. The Hall–Kier alpha value is -1.77. The summed E-state index contributed by atoms with van der Waals surface area (Å²) in [6, 6.07) is 1.27. The van der Waals surface area contributed by atoms with E-state index in [2.05, 4.69) is 0 Å². The number of methoxy groups -OCH3 is 2. The summed E-state index contributed by atoms with van der Waals surface area (Å²) < 4.78 is 18.7. The van der Waals surface area contributed by atoms with Crippen LogP contribution in [0, 0.1) is 0 Å². The minimum atomic E-state index is -0.760. The van der Waals surface area contributed by atoms with Gasteiger partial charge in [-0.15, -0.1) is 0 Å². The maximum absolute atomic E-state index is 12.2. The minimum absolute atomic E-state index is 0.134. The lowest BCUT2D eigenvalue weighted by Gasteiger charge is -2.22. The van der Waals surface area contributed by atoms with E-state index in [4.69, 9.17) is 14.2 Å². The van der Waals surface area contributed by atoms with Crippen molar-refractivity contribution in [2.75, 3.05) is 14.2 Å². The third-order valence-electron chi connectivity index (χ3n) is 3.65. The van der Waals surface area contributed by atoms with Gasteiger partial charge in [-0.2, -0.15) is 0 Å². The van der Waals surface area contributed by atoms with Crippen molar-refractivity contribution in [1.82, 2.24) is 9.13 Å². The van der Waals surface area contributed by atoms with Crippen LogP contribution in [0.1, 0.15) is 12.6 Å². The van der Waals surface area contributed by atoms with Crippen molar-refractivity contribution >= 4 is 6.29 Å². The van der Waals surface area contributed by atoms with Crippen LogP contribution in [0.3, 0.4) is 0 Å². The zero-order valence-electron chi connectivity index (χ0n) is 12.1. The Morgan fingerprint density at radius 2 is 1.95 bits per heavy atom. The first-order valence-corrected chi connectivity index (χ1v) is 6.48. The van der Waals surface area contributed by atoms with Gasteiger partial charge < -0.3 is 19.0 Å². The summed E-state index contributed by atoms with van der Waals surface area (Å²) in [5, 5.41) is 0. The first-order valence-electron chi connectivity index (χ1n) is 6.48. The molecular weight excluding hydrogens is 280 g/mol. The highest BCUT2D eigenvalue weighted by Crippen LogP contribution is 2.33. The van der Waals surface area contributed by atoms with E-state index in [-0.39, 0.29) is 6.42 Å². The number of hydrogen-bond acceptors (Lipinski definition) is 6. The van der Waals surface area contributed by atoms with Crippen LogP contribution in [0.25, 0.3) is 0 Å². The molecule has 1 saturated heterocycles. The molecule has 0 aromatic carbocycles. The summed E-state index contributed by atoms with van der Waals surface area (Å²) in [4.78, 5) is 34.4. The molecule has 116 valence electrons. The van der Waals surface area contributed by atoms with Crippen molar-refractivity contribution in [3.05, 3.63) is 33.1 Å². The molecular formula is C13H18N2O6. The standard InChI is InChI=1S/C13H18N2O6/c1-14-9(17)4-6-15(13(14)18)12-11(20-3)10(19-2)8(21-12)5-7-16/h4,6-8,10-12H,5H2,1-3H3. The van der Waals surface area contributed by atoms with Crippen LogP contribution in [0.15, 0.2) is 21.9 Å². The second-order valence-corrected chi connectivity index (χ2v) is 4.77. The summed E-state index contributed by atoms with van der Waals surface area (Å²) >= 11 is 0. The summed E-state index contributed by atoms with van der Waals surface area (Å²) in [5.41, 5.74) is -0.924. The topological polar surface area (TPSA) is 88.8 Å².